The Hall–Kier alpha value is -1.45. The number of hydrogen-bond donors (Lipinski definition) is 0. The fourth-order valence-corrected chi connectivity index (χ4v) is 2.41. The van der Waals surface area contributed by atoms with E-state index in [1.807, 2.05) is 25.7 Å². The molecule has 1 aromatic rings. The van der Waals surface area contributed by atoms with Gasteiger partial charge in [-0.15, -0.1) is 0 Å². The lowest BCUT2D eigenvalue weighted by Crippen LogP contribution is -2.42. The molecule has 19 heavy (non-hydrogen) atoms. The Morgan fingerprint density at radius 1 is 1.21 bits per heavy atom. The molecule has 1 fully saturated rings. The highest BCUT2D eigenvalue weighted by atomic mass is 16.6. The Bertz CT molecular complexity index is 398. The van der Waals surface area contributed by atoms with Crippen molar-refractivity contribution >= 4 is 6.09 Å². The quantitative estimate of drug-likeness (QED) is 0.822. The summed E-state index contributed by atoms with van der Waals surface area (Å²) in [7, 11) is 0. The number of ether oxygens (including phenoxy) is 1. The van der Waals surface area contributed by atoms with Crippen LogP contribution in [-0.4, -0.2) is 34.3 Å². The lowest BCUT2D eigenvalue weighted by molar-refractivity contribution is 0.0178. The van der Waals surface area contributed by atoms with Crippen LogP contribution < -0.4 is 0 Å². The highest BCUT2D eigenvalue weighted by Crippen LogP contribution is 2.21. The molecule has 4 nitrogen and oxygen atoms in total. The third kappa shape index (κ3) is 4.30. The fourth-order valence-electron chi connectivity index (χ4n) is 2.41. The highest BCUT2D eigenvalue weighted by Gasteiger charge is 2.26. The predicted molar refractivity (Wildman–Crippen MR) is 75.0 cm³/mol. The van der Waals surface area contributed by atoms with E-state index in [2.05, 4.69) is 29.1 Å². The van der Waals surface area contributed by atoms with Crippen LogP contribution >= 0.6 is 0 Å². The summed E-state index contributed by atoms with van der Waals surface area (Å²) in [5.74, 6) is 0.658. The van der Waals surface area contributed by atoms with Crippen LogP contribution in [-0.2, 0) is 11.3 Å². The van der Waals surface area contributed by atoms with Gasteiger partial charge in [-0.25, -0.2) is 4.79 Å². The molecule has 0 radical (unpaired) electrons. The molecule has 1 aliphatic rings. The second-order valence-corrected chi connectivity index (χ2v) is 6.29. The molecule has 0 aromatic carbocycles. The van der Waals surface area contributed by atoms with Crippen molar-refractivity contribution in [1.29, 1.82) is 0 Å². The molecule has 0 bridgehead atoms. The van der Waals surface area contributed by atoms with Crippen LogP contribution in [0.5, 0.6) is 0 Å². The van der Waals surface area contributed by atoms with Gasteiger partial charge in [-0.2, -0.15) is 0 Å². The maximum atomic E-state index is 11.9. The van der Waals surface area contributed by atoms with Gasteiger partial charge in [0.2, 0.25) is 0 Å². The molecule has 0 unspecified atom stereocenters. The molecule has 1 aromatic heterocycles. The summed E-state index contributed by atoms with van der Waals surface area (Å²) in [6, 6.07) is 4.10. The van der Waals surface area contributed by atoms with E-state index in [1.54, 1.807) is 0 Å². The molecule has 4 heteroatoms. The standard InChI is InChI=1S/C15H24N2O2/c1-15(2,3)19-14(18)17-10-6-13(7-11-17)12-16-8-4-5-9-16/h4-5,8-9,13H,6-7,10-12H2,1-3H3. The number of aromatic nitrogens is 1. The monoisotopic (exact) mass is 264 g/mol. The molecule has 2 heterocycles. The smallest absolute Gasteiger partial charge is 0.410 e. The zero-order valence-electron chi connectivity index (χ0n) is 12.1. The molecule has 1 saturated heterocycles. The summed E-state index contributed by atoms with van der Waals surface area (Å²) in [5.41, 5.74) is -0.404. The van der Waals surface area contributed by atoms with E-state index in [4.69, 9.17) is 4.74 Å². The van der Waals surface area contributed by atoms with Crippen molar-refractivity contribution < 1.29 is 9.53 Å². The SMILES string of the molecule is CC(C)(C)OC(=O)N1CCC(Cn2cccc2)CC1. The average Bonchev–Trinajstić information content (AvgIpc) is 2.80. The lowest BCUT2D eigenvalue weighted by atomic mass is 9.97. The van der Waals surface area contributed by atoms with Crippen molar-refractivity contribution in [2.24, 2.45) is 5.92 Å². The van der Waals surface area contributed by atoms with Crippen LogP contribution in [0.1, 0.15) is 33.6 Å². The van der Waals surface area contributed by atoms with Crippen LogP contribution in [0.25, 0.3) is 0 Å². The van der Waals surface area contributed by atoms with Gasteiger partial charge in [-0.1, -0.05) is 0 Å². The van der Waals surface area contributed by atoms with Gasteiger partial charge in [0.1, 0.15) is 5.60 Å². The number of carbonyl (C=O) groups is 1. The lowest BCUT2D eigenvalue weighted by Gasteiger charge is -2.33. The van der Waals surface area contributed by atoms with E-state index >= 15 is 0 Å². The zero-order valence-corrected chi connectivity index (χ0v) is 12.1. The van der Waals surface area contributed by atoms with Crippen LogP contribution in [0.3, 0.4) is 0 Å². The van der Waals surface area contributed by atoms with E-state index < -0.39 is 5.60 Å². The van der Waals surface area contributed by atoms with Gasteiger partial charge in [0.05, 0.1) is 0 Å². The van der Waals surface area contributed by atoms with Crippen molar-refractivity contribution in [3.05, 3.63) is 24.5 Å². The number of carbonyl (C=O) groups excluding carboxylic acids is 1. The Labute approximate surface area is 115 Å². The molecule has 1 amide bonds. The number of nitrogens with zero attached hydrogens (tertiary/aromatic N) is 2. The van der Waals surface area contributed by atoms with E-state index in [1.165, 1.54) is 0 Å². The summed E-state index contributed by atoms with van der Waals surface area (Å²) in [6.07, 6.45) is 6.13. The van der Waals surface area contributed by atoms with Crippen molar-refractivity contribution in [3.8, 4) is 0 Å². The second-order valence-electron chi connectivity index (χ2n) is 6.29. The Morgan fingerprint density at radius 2 is 1.79 bits per heavy atom. The Kier molecular flexibility index (Phi) is 4.17. The summed E-state index contributed by atoms with van der Waals surface area (Å²) < 4.78 is 7.62. The Balaban J connectivity index is 1.77. The normalized spacial score (nSPS) is 17.5. The van der Waals surface area contributed by atoms with Gasteiger partial charge in [-0.3, -0.25) is 0 Å². The fraction of sp³-hybridized carbons (Fsp3) is 0.667. The van der Waals surface area contributed by atoms with Crippen molar-refractivity contribution in [2.45, 2.75) is 45.8 Å². The average molecular weight is 264 g/mol. The molecule has 0 N–H and O–H groups in total. The molecule has 1 aliphatic heterocycles. The van der Waals surface area contributed by atoms with Crippen molar-refractivity contribution in [3.63, 3.8) is 0 Å². The van der Waals surface area contributed by atoms with E-state index in [-0.39, 0.29) is 6.09 Å². The molecular formula is C15H24N2O2. The van der Waals surface area contributed by atoms with Gasteiger partial charge in [-0.05, 0) is 51.7 Å². The zero-order chi connectivity index (χ0) is 13.9. The molecular weight excluding hydrogens is 240 g/mol. The van der Waals surface area contributed by atoms with Crippen molar-refractivity contribution in [2.75, 3.05) is 13.1 Å². The molecule has 0 spiro atoms. The van der Waals surface area contributed by atoms with Crippen LogP contribution in [0, 0.1) is 5.92 Å². The predicted octanol–water partition coefficient (Wildman–Crippen LogP) is 3.14. The number of likely N-dealkylation sites (tertiary alicyclic amines) is 1. The summed E-state index contributed by atoms with van der Waals surface area (Å²) in [4.78, 5) is 13.8. The first-order chi connectivity index (χ1) is 8.94. The molecule has 0 atom stereocenters. The number of rotatable bonds is 2. The Morgan fingerprint density at radius 3 is 2.32 bits per heavy atom. The van der Waals surface area contributed by atoms with Crippen LogP contribution in [0.2, 0.25) is 0 Å². The summed E-state index contributed by atoms with van der Waals surface area (Å²) >= 11 is 0. The third-order valence-electron chi connectivity index (χ3n) is 3.40. The third-order valence-corrected chi connectivity index (χ3v) is 3.40. The first kappa shape index (κ1) is 14.0. The molecule has 0 aliphatic carbocycles. The minimum Gasteiger partial charge on any atom is -0.444 e. The van der Waals surface area contributed by atoms with Gasteiger partial charge in [0.25, 0.3) is 0 Å². The van der Waals surface area contributed by atoms with Crippen LogP contribution in [0.4, 0.5) is 4.79 Å². The van der Waals surface area contributed by atoms with Gasteiger partial charge in [0.15, 0.2) is 0 Å². The minimum atomic E-state index is -0.404. The minimum absolute atomic E-state index is 0.174. The first-order valence-electron chi connectivity index (χ1n) is 7.03. The summed E-state index contributed by atoms with van der Waals surface area (Å²) in [5, 5.41) is 0. The first-order valence-corrected chi connectivity index (χ1v) is 7.03. The number of amides is 1. The van der Waals surface area contributed by atoms with Gasteiger partial charge in [0, 0.05) is 32.0 Å². The van der Waals surface area contributed by atoms with Gasteiger partial charge >= 0.3 is 6.09 Å². The number of hydrogen-bond acceptors (Lipinski definition) is 2. The second kappa shape index (κ2) is 5.68. The largest absolute Gasteiger partial charge is 0.444 e. The molecule has 0 saturated carbocycles. The van der Waals surface area contributed by atoms with Crippen LogP contribution in [0.15, 0.2) is 24.5 Å². The maximum absolute atomic E-state index is 11.9. The molecule has 2 rings (SSSR count). The van der Waals surface area contributed by atoms with E-state index in [0.717, 1.165) is 32.5 Å². The number of piperidine rings is 1. The van der Waals surface area contributed by atoms with Crippen molar-refractivity contribution in [1.82, 2.24) is 9.47 Å². The molecule has 106 valence electrons. The maximum Gasteiger partial charge on any atom is 0.410 e. The topological polar surface area (TPSA) is 34.5 Å². The van der Waals surface area contributed by atoms with E-state index in [0.29, 0.717) is 5.92 Å². The van der Waals surface area contributed by atoms with E-state index in [9.17, 15) is 4.79 Å². The summed E-state index contributed by atoms with van der Waals surface area (Å²) in [6.45, 7) is 8.38. The highest BCUT2D eigenvalue weighted by molar-refractivity contribution is 5.68. The van der Waals surface area contributed by atoms with Gasteiger partial charge < -0.3 is 14.2 Å².